The Morgan fingerprint density at radius 1 is 1.58 bits per heavy atom. The lowest BCUT2D eigenvalue weighted by Gasteiger charge is -2.20. The van der Waals surface area contributed by atoms with Gasteiger partial charge in [-0.15, -0.1) is 0 Å². The molecule has 1 fully saturated rings. The minimum Gasteiger partial charge on any atom is -0.368 e. The van der Waals surface area contributed by atoms with E-state index in [1.165, 1.54) is 0 Å². The summed E-state index contributed by atoms with van der Waals surface area (Å²) in [4.78, 5) is 21.1. The van der Waals surface area contributed by atoms with E-state index in [1.54, 1.807) is 0 Å². The Balaban J connectivity index is 2.24. The molecule has 1 N–H and O–H groups in total. The first kappa shape index (κ1) is 9.19. The largest absolute Gasteiger partial charge is 0.368 e. The highest BCUT2D eigenvalue weighted by atomic mass is 16.5. The van der Waals surface area contributed by atoms with E-state index in [0.29, 0.717) is 12.9 Å². The number of carbonyl (C=O) groups is 2. The van der Waals surface area contributed by atoms with Crippen LogP contribution in [0.15, 0.2) is 0 Å². The molecule has 0 spiro atoms. The van der Waals surface area contributed by atoms with Gasteiger partial charge in [-0.25, -0.2) is 0 Å². The molecule has 1 rings (SSSR count). The summed E-state index contributed by atoms with van der Waals surface area (Å²) in [6.07, 6.45) is 3.15. The number of carbonyl (C=O) groups excluding carboxylic acids is 2. The third kappa shape index (κ3) is 2.62. The van der Waals surface area contributed by atoms with Gasteiger partial charge in [-0.3, -0.25) is 4.79 Å². The maximum Gasteiger partial charge on any atom is 0.249 e. The van der Waals surface area contributed by atoms with Gasteiger partial charge >= 0.3 is 0 Å². The first-order valence-corrected chi connectivity index (χ1v) is 4.17. The summed E-state index contributed by atoms with van der Waals surface area (Å²) in [6.45, 7) is 0.734. The van der Waals surface area contributed by atoms with Crippen molar-refractivity contribution in [2.45, 2.75) is 25.4 Å². The Morgan fingerprint density at radius 2 is 2.42 bits per heavy atom. The minimum absolute atomic E-state index is 0.0820. The predicted molar refractivity (Wildman–Crippen MR) is 42.7 cm³/mol. The molecular formula is C8H13NO3. The molecule has 1 heterocycles. The number of ether oxygens (including phenoxy) is 1. The van der Waals surface area contributed by atoms with Crippen molar-refractivity contribution in [2.75, 3.05) is 13.2 Å². The number of hydrogen-bond acceptors (Lipinski definition) is 3. The average Bonchev–Trinajstić information content (AvgIpc) is 2.15. The third-order valence-corrected chi connectivity index (χ3v) is 1.83. The quantitative estimate of drug-likeness (QED) is 0.602. The first-order chi connectivity index (χ1) is 5.84. The lowest BCUT2D eigenvalue weighted by atomic mass is 10.1. The van der Waals surface area contributed by atoms with Gasteiger partial charge in [0.2, 0.25) is 5.91 Å². The van der Waals surface area contributed by atoms with Crippen molar-refractivity contribution < 1.29 is 14.3 Å². The van der Waals surface area contributed by atoms with Crippen LogP contribution in [0.5, 0.6) is 0 Å². The highest BCUT2D eigenvalue weighted by molar-refractivity contribution is 5.82. The van der Waals surface area contributed by atoms with E-state index in [2.05, 4.69) is 5.32 Å². The van der Waals surface area contributed by atoms with Gasteiger partial charge < -0.3 is 14.8 Å². The van der Waals surface area contributed by atoms with Crippen molar-refractivity contribution in [1.29, 1.82) is 0 Å². The van der Waals surface area contributed by atoms with Crippen LogP contribution in [0.2, 0.25) is 0 Å². The summed E-state index contributed by atoms with van der Waals surface area (Å²) in [7, 11) is 0. The molecule has 1 amide bonds. The summed E-state index contributed by atoms with van der Waals surface area (Å²) >= 11 is 0. The molecule has 12 heavy (non-hydrogen) atoms. The van der Waals surface area contributed by atoms with Crippen LogP contribution in [-0.4, -0.2) is 31.4 Å². The molecule has 0 aromatic carbocycles. The number of nitrogens with one attached hydrogen (secondary N) is 1. The topological polar surface area (TPSA) is 55.4 Å². The number of rotatable bonds is 3. The van der Waals surface area contributed by atoms with Gasteiger partial charge in [0, 0.05) is 6.61 Å². The summed E-state index contributed by atoms with van der Waals surface area (Å²) in [6, 6.07) is 0. The highest BCUT2D eigenvalue weighted by Gasteiger charge is 2.20. The SMILES string of the molecule is O=CCNC(=O)C1CCCCO1. The van der Waals surface area contributed by atoms with Gasteiger partial charge in [-0.1, -0.05) is 0 Å². The van der Waals surface area contributed by atoms with Gasteiger partial charge in [0.1, 0.15) is 12.4 Å². The Bertz CT molecular complexity index is 164. The van der Waals surface area contributed by atoms with Gasteiger partial charge in [0.25, 0.3) is 0 Å². The normalized spacial score (nSPS) is 23.2. The smallest absolute Gasteiger partial charge is 0.249 e. The third-order valence-electron chi connectivity index (χ3n) is 1.83. The van der Waals surface area contributed by atoms with Gasteiger partial charge in [-0.2, -0.15) is 0 Å². The molecule has 1 aliphatic heterocycles. The van der Waals surface area contributed by atoms with Gasteiger partial charge in [0.05, 0.1) is 6.54 Å². The molecule has 1 atom stereocenters. The van der Waals surface area contributed by atoms with Crippen molar-refractivity contribution in [3.8, 4) is 0 Å². The fraction of sp³-hybridized carbons (Fsp3) is 0.750. The van der Waals surface area contributed by atoms with Crippen molar-refractivity contribution >= 4 is 12.2 Å². The van der Waals surface area contributed by atoms with E-state index in [1.807, 2.05) is 0 Å². The Morgan fingerprint density at radius 3 is 3.00 bits per heavy atom. The predicted octanol–water partition coefficient (Wildman–Crippen LogP) is -0.129. The second-order valence-corrected chi connectivity index (χ2v) is 2.77. The van der Waals surface area contributed by atoms with E-state index in [4.69, 9.17) is 4.74 Å². The molecule has 0 aliphatic carbocycles. The zero-order valence-electron chi connectivity index (χ0n) is 6.91. The molecule has 4 nitrogen and oxygen atoms in total. The molecule has 1 unspecified atom stereocenters. The zero-order chi connectivity index (χ0) is 8.81. The molecule has 1 aliphatic rings. The monoisotopic (exact) mass is 171 g/mol. The summed E-state index contributed by atoms with van der Waals surface area (Å²) in [5.74, 6) is -0.165. The standard InChI is InChI=1S/C8H13NO3/c10-5-4-9-8(11)7-3-1-2-6-12-7/h5,7H,1-4,6H2,(H,9,11). The molecule has 1 saturated heterocycles. The second kappa shape index (κ2) is 4.87. The maximum absolute atomic E-state index is 11.2. The van der Waals surface area contributed by atoms with Crippen molar-refractivity contribution in [3.05, 3.63) is 0 Å². The minimum atomic E-state index is -0.335. The second-order valence-electron chi connectivity index (χ2n) is 2.77. The molecule has 0 bridgehead atoms. The van der Waals surface area contributed by atoms with Crippen LogP contribution in [0.25, 0.3) is 0 Å². The van der Waals surface area contributed by atoms with Crippen LogP contribution in [0, 0.1) is 0 Å². The Labute approximate surface area is 71.3 Å². The van der Waals surface area contributed by atoms with Crippen LogP contribution in [0.1, 0.15) is 19.3 Å². The van der Waals surface area contributed by atoms with Crippen LogP contribution < -0.4 is 5.32 Å². The molecule has 0 saturated carbocycles. The van der Waals surface area contributed by atoms with E-state index < -0.39 is 0 Å². The molecular weight excluding hydrogens is 158 g/mol. The summed E-state index contributed by atoms with van der Waals surface area (Å²) < 4.78 is 5.21. The van der Waals surface area contributed by atoms with Crippen LogP contribution in [-0.2, 0) is 14.3 Å². The molecule has 68 valence electrons. The summed E-state index contributed by atoms with van der Waals surface area (Å²) in [5, 5.41) is 2.47. The summed E-state index contributed by atoms with van der Waals surface area (Å²) in [5.41, 5.74) is 0. The number of hydrogen-bond donors (Lipinski definition) is 1. The number of aldehydes is 1. The Kier molecular flexibility index (Phi) is 3.73. The van der Waals surface area contributed by atoms with Gasteiger partial charge in [-0.05, 0) is 19.3 Å². The Hall–Kier alpha value is -0.900. The average molecular weight is 171 g/mol. The van der Waals surface area contributed by atoms with E-state index in [9.17, 15) is 9.59 Å². The van der Waals surface area contributed by atoms with E-state index in [0.717, 1.165) is 19.3 Å². The van der Waals surface area contributed by atoms with Crippen molar-refractivity contribution in [3.63, 3.8) is 0 Å². The van der Waals surface area contributed by atoms with Gasteiger partial charge in [0.15, 0.2) is 0 Å². The molecule has 4 heteroatoms. The van der Waals surface area contributed by atoms with Crippen LogP contribution in [0.4, 0.5) is 0 Å². The first-order valence-electron chi connectivity index (χ1n) is 4.17. The molecule has 0 aromatic rings. The van der Waals surface area contributed by atoms with Crippen molar-refractivity contribution in [1.82, 2.24) is 5.32 Å². The van der Waals surface area contributed by atoms with E-state index in [-0.39, 0.29) is 18.6 Å². The van der Waals surface area contributed by atoms with E-state index >= 15 is 0 Å². The highest BCUT2D eigenvalue weighted by Crippen LogP contribution is 2.12. The van der Waals surface area contributed by atoms with Crippen LogP contribution >= 0.6 is 0 Å². The fourth-order valence-corrected chi connectivity index (χ4v) is 1.20. The lowest BCUT2D eigenvalue weighted by Crippen LogP contribution is -2.39. The maximum atomic E-state index is 11.2. The zero-order valence-corrected chi connectivity index (χ0v) is 6.91. The van der Waals surface area contributed by atoms with Crippen molar-refractivity contribution in [2.24, 2.45) is 0 Å². The number of amides is 1. The fourth-order valence-electron chi connectivity index (χ4n) is 1.20. The molecule has 0 radical (unpaired) electrons. The molecule has 0 aromatic heterocycles. The lowest BCUT2D eigenvalue weighted by molar-refractivity contribution is -0.136. The van der Waals surface area contributed by atoms with Crippen LogP contribution in [0.3, 0.4) is 0 Å².